The predicted molar refractivity (Wildman–Crippen MR) is 110 cm³/mol. The Balaban J connectivity index is 1.38. The standard InChI is InChI=1S/C22H24F3N5O/c1-29-14-18(13-26-29)16-2-3-20-17(10-16)11-19(27-28-20)12-21(31)15-4-7-30(8-5-15)9-6-22(23,24)25/h2-3,10-11,13-15H,4-9,12H2,1H3. The minimum atomic E-state index is -4.14. The lowest BCUT2D eigenvalue weighted by Gasteiger charge is -2.31. The van der Waals surface area contributed by atoms with Gasteiger partial charge in [-0.1, -0.05) is 6.07 Å². The highest BCUT2D eigenvalue weighted by atomic mass is 19.4. The highest BCUT2D eigenvalue weighted by molar-refractivity contribution is 5.86. The van der Waals surface area contributed by atoms with Crippen molar-refractivity contribution < 1.29 is 18.0 Å². The Labute approximate surface area is 178 Å². The van der Waals surface area contributed by atoms with Crippen LogP contribution >= 0.6 is 0 Å². The van der Waals surface area contributed by atoms with E-state index in [0.29, 0.717) is 31.6 Å². The second kappa shape index (κ2) is 8.74. The van der Waals surface area contributed by atoms with Crippen molar-refractivity contribution in [1.82, 2.24) is 24.9 Å². The van der Waals surface area contributed by atoms with Crippen LogP contribution in [0.15, 0.2) is 36.7 Å². The monoisotopic (exact) mass is 431 g/mol. The van der Waals surface area contributed by atoms with Crippen molar-refractivity contribution in [1.29, 1.82) is 0 Å². The van der Waals surface area contributed by atoms with Crippen LogP contribution in [0.25, 0.3) is 22.0 Å². The van der Waals surface area contributed by atoms with Crippen LogP contribution in [0, 0.1) is 5.92 Å². The Morgan fingerprint density at radius 2 is 1.90 bits per heavy atom. The van der Waals surface area contributed by atoms with Gasteiger partial charge < -0.3 is 4.90 Å². The molecule has 0 amide bonds. The number of alkyl halides is 3. The SMILES string of the molecule is Cn1cc(-c2ccc3nnc(CC(=O)C4CCN(CCC(F)(F)F)CC4)cc3c2)cn1. The van der Waals surface area contributed by atoms with E-state index < -0.39 is 12.6 Å². The average Bonchev–Trinajstić information content (AvgIpc) is 3.18. The number of fused-ring (bicyclic) bond motifs is 1. The minimum Gasteiger partial charge on any atom is -0.303 e. The molecule has 9 heteroatoms. The van der Waals surface area contributed by atoms with Gasteiger partial charge in [0.15, 0.2) is 0 Å². The number of hydrogen-bond acceptors (Lipinski definition) is 5. The molecular weight excluding hydrogens is 407 g/mol. The van der Waals surface area contributed by atoms with Gasteiger partial charge in [0.25, 0.3) is 0 Å². The summed E-state index contributed by atoms with van der Waals surface area (Å²) in [6, 6.07) is 7.76. The number of nitrogens with zero attached hydrogens (tertiary/aromatic N) is 5. The largest absolute Gasteiger partial charge is 0.390 e. The van der Waals surface area contributed by atoms with Crippen LogP contribution in [-0.4, -0.2) is 56.5 Å². The van der Waals surface area contributed by atoms with Crippen molar-refractivity contribution in [3.05, 3.63) is 42.4 Å². The van der Waals surface area contributed by atoms with Crippen molar-refractivity contribution in [2.24, 2.45) is 13.0 Å². The lowest BCUT2D eigenvalue weighted by molar-refractivity contribution is -0.139. The third-order valence-corrected chi connectivity index (χ3v) is 5.78. The van der Waals surface area contributed by atoms with Crippen LogP contribution in [-0.2, 0) is 18.3 Å². The summed E-state index contributed by atoms with van der Waals surface area (Å²) in [5.74, 6) is -0.0612. The molecule has 3 aromatic rings. The molecule has 6 nitrogen and oxygen atoms in total. The first-order valence-electron chi connectivity index (χ1n) is 10.3. The topological polar surface area (TPSA) is 63.9 Å². The summed E-state index contributed by atoms with van der Waals surface area (Å²) in [6.07, 6.45) is 0.138. The molecule has 1 aliphatic rings. The summed E-state index contributed by atoms with van der Waals surface area (Å²) in [5, 5.41) is 13.5. The van der Waals surface area contributed by atoms with Gasteiger partial charge in [0.2, 0.25) is 0 Å². The summed E-state index contributed by atoms with van der Waals surface area (Å²) >= 11 is 0. The highest BCUT2D eigenvalue weighted by Gasteiger charge is 2.30. The Kier molecular flexibility index (Phi) is 6.04. The molecule has 0 spiro atoms. The van der Waals surface area contributed by atoms with Crippen molar-refractivity contribution in [3.8, 4) is 11.1 Å². The average molecular weight is 431 g/mol. The Hall–Kier alpha value is -2.81. The van der Waals surface area contributed by atoms with Gasteiger partial charge in [0.1, 0.15) is 5.78 Å². The molecule has 164 valence electrons. The molecule has 0 aliphatic carbocycles. The van der Waals surface area contributed by atoms with Crippen LogP contribution in [0.2, 0.25) is 0 Å². The molecule has 1 saturated heterocycles. The van der Waals surface area contributed by atoms with E-state index in [1.807, 2.05) is 37.5 Å². The van der Waals surface area contributed by atoms with E-state index in [1.54, 1.807) is 15.8 Å². The molecule has 0 saturated carbocycles. The molecule has 0 unspecified atom stereocenters. The van der Waals surface area contributed by atoms with Gasteiger partial charge in [0.05, 0.1) is 30.2 Å². The first-order valence-corrected chi connectivity index (χ1v) is 10.3. The van der Waals surface area contributed by atoms with Gasteiger partial charge >= 0.3 is 6.18 Å². The summed E-state index contributed by atoms with van der Waals surface area (Å²) < 4.78 is 38.9. The number of aryl methyl sites for hydroxylation is 1. The maximum absolute atomic E-state index is 12.7. The van der Waals surface area contributed by atoms with Crippen LogP contribution < -0.4 is 0 Å². The predicted octanol–water partition coefficient (Wildman–Crippen LogP) is 3.81. The first-order chi connectivity index (χ1) is 14.8. The molecule has 0 bridgehead atoms. The Bertz CT molecular complexity index is 1070. The zero-order valence-electron chi connectivity index (χ0n) is 17.3. The molecule has 1 aliphatic heterocycles. The van der Waals surface area contributed by atoms with Gasteiger partial charge in [-0.05, 0) is 49.7 Å². The number of rotatable bonds is 6. The number of halogens is 3. The molecule has 2 aromatic heterocycles. The van der Waals surface area contributed by atoms with Crippen LogP contribution in [0.3, 0.4) is 0 Å². The minimum absolute atomic E-state index is 0.000170. The zero-order chi connectivity index (χ0) is 22.0. The van der Waals surface area contributed by atoms with Crippen molar-refractivity contribution >= 4 is 16.7 Å². The Morgan fingerprint density at radius 3 is 2.58 bits per heavy atom. The number of likely N-dealkylation sites (tertiary alicyclic amines) is 1. The molecule has 0 atom stereocenters. The summed E-state index contributed by atoms with van der Waals surface area (Å²) in [7, 11) is 1.86. The van der Waals surface area contributed by atoms with E-state index in [9.17, 15) is 18.0 Å². The van der Waals surface area contributed by atoms with Gasteiger partial charge in [-0.3, -0.25) is 9.48 Å². The van der Waals surface area contributed by atoms with E-state index in [2.05, 4.69) is 15.3 Å². The fourth-order valence-electron chi connectivity index (χ4n) is 4.01. The van der Waals surface area contributed by atoms with E-state index >= 15 is 0 Å². The van der Waals surface area contributed by atoms with E-state index in [0.717, 1.165) is 22.0 Å². The lowest BCUT2D eigenvalue weighted by atomic mass is 9.90. The molecule has 3 heterocycles. The number of aromatic nitrogens is 4. The van der Waals surface area contributed by atoms with Gasteiger partial charge in [-0.25, -0.2) is 0 Å². The third kappa shape index (κ3) is 5.46. The molecule has 0 N–H and O–H groups in total. The quantitative estimate of drug-likeness (QED) is 0.594. The normalized spacial score (nSPS) is 16.1. The van der Waals surface area contributed by atoms with Gasteiger partial charge in [-0.2, -0.15) is 28.5 Å². The van der Waals surface area contributed by atoms with Crippen LogP contribution in [0.4, 0.5) is 13.2 Å². The van der Waals surface area contributed by atoms with Crippen molar-refractivity contribution in [2.75, 3.05) is 19.6 Å². The van der Waals surface area contributed by atoms with E-state index in [-0.39, 0.29) is 24.7 Å². The zero-order valence-corrected chi connectivity index (χ0v) is 17.3. The van der Waals surface area contributed by atoms with Gasteiger partial charge in [-0.15, -0.1) is 0 Å². The summed E-state index contributed by atoms with van der Waals surface area (Å²) in [5.41, 5.74) is 3.37. The van der Waals surface area contributed by atoms with E-state index in [1.165, 1.54) is 0 Å². The maximum Gasteiger partial charge on any atom is 0.390 e. The Morgan fingerprint density at radius 1 is 1.13 bits per heavy atom. The van der Waals surface area contributed by atoms with Gasteiger partial charge in [0, 0.05) is 36.7 Å². The first kappa shape index (κ1) is 21.4. The number of hydrogen-bond donors (Lipinski definition) is 0. The summed E-state index contributed by atoms with van der Waals surface area (Å²) in [6.45, 7) is 1.04. The second-order valence-corrected chi connectivity index (χ2v) is 8.14. The van der Waals surface area contributed by atoms with Crippen LogP contribution in [0.5, 0.6) is 0 Å². The smallest absolute Gasteiger partial charge is 0.303 e. The van der Waals surface area contributed by atoms with Crippen molar-refractivity contribution in [2.45, 2.75) is 31.9 Å². The maximum atomic E-state index is 12.7. The number of Topliss-reactive ketones (excluding diaryl/α,β-unsaturated/α-hetero) is 1. The number of carbonyl (C=O) groups is 1. The number of ketones is 1. The molecule has 31 heavy (non-hydrogen) atoms. The molecule has 4 rings (SSSR count). The number of carbonyl (C=O) groups excluding carboxylic acids is 1. The fraction of sp³-hybridized carbons (Fsp3) is 0.455. The number of benzene rings is 1. The van der Waals surface area contributed by atoms with Crippen LogP contribution in [0.1, 0.15) is 25.0 Å². The van der Waals surface area contributed by atoms with E-state index in [4.69, 9.17) is 0 Å². The fourth-order valence-corrected chi connectivity index (χ4v) is 4.01. The number of piperidine rings is 1. The molecule has 1 aromatic carbocycles. The highest BCUT2D eigenvalue weighted by Crippen LogP contribution is 2.25. The molecule has 0 radical (unpaired) electrons. The third-order valence-electron chi connectivity index (χ3n) is 5.78. The van der Waals surface area contributed by atoms with Crippen molar-refractivity contribution in [3.63, 3.8) is 0 Å². The molecule has 1 fully saturated rings. The summed E-state index contributed by atoms with van der Waals surface area (Å²) in [4.78, 5) is 14.5. The second-order valence-electron chi connectivity index (χ2n) is 8.14. The lowest BCUT2D eigenvalue weighted by Crippen LogP contribution is -2.38. The molecular formula is C22H24F3N5O.